The van der Waals surface area contributed by atoms with Crippen molar-refractivity contribution in [2.24, 2.45) is 0 Å². The summed E-state index contributed by atoms with van der Waals surface area (Å²) in [5.41, 5.74) is 0. The maximum absolute atomic E-state index is 11.0. The summed E-state index contributed by atoms with van der Waals surface area (Å²) in [6.07, 6.45) is 0.751. The third-order valence-electron chi connectivity index (χ3n) is 1.47. The Balaban J connectivity index is 2.63. The summed E-state index contributed by atoms with van der Waals surface area (Å²) in [4.78, 5) is 11.0. The smallest absolute Gasteiger partial charge is 0.311 e. The van der Waals surface area contributed by atoms with Crippen molar-refractivity contribution in [1.82, 2.24) is 0 Å². The lowest BCUT2D eigenvalue weighted by Gasteiger charge is -2.04. The molecule has 0 fully saturated rings. The van der Waals surface area contributed by atoms with Crippen molar-refractivity contribution in [3.63, 3.8) is 0 Å². The number of aromatic hydroxyl groups is 1. The SMILES string of the molecule is [CH2]CCC(=O)Oc1ccccc1O. The first-order chi connectivity index (χ1) is 6.24. The van der Waals surface area contributed by atoms with E-state index in [-0.39, 0.29) is 23.9 Å². The molecule has 0 spiro atoms. The Bertz CT molecular complexity index is 294. The van der Waals surface area contributed by atoms with Gasteiger partial charge >= 0.3 is 5.97 Å². The first-order valence-electron chi connectivity index (χ1n) is 4.02. The van der Waals surface area contributed by atoms with E-state index in [2.05, 4.69) is 6.92 Å². The highest BCUT2D eigenvalue weighted by Gasteiger charge is 2.06. The molecule has 0 aliphatic heterocycles. The van der Waals surface area contributed by atoms with E-state index in [9.17, 15) is 9.90 Å². The highest BCUT2D eigenvalue weighted by Crippen LogP contribution is 2.24. The van der Waals surface area contributed by atoms with Crippen LogP contribution < -0.4 is 4.74 Å². The highest BCUT2D eigenvalue weighted by molar-refractivity contribution is 5.73. The number of para-hydroxylation sites is 2. The minimum Gasteiger partial charge on any atom is -0.504 e. The second kappa shape index (κ2) is 4.50. The number of phenols is 1. The Labute approximate surface area is 77.0 Å². The van der Waals surface area contributed by atoms with Crippen LogP contribution in [0.3, 0.4) is 0 Å². The number of ether oxygens (including phenoxy) is 1. The highest BCUT2D eigenvalue weighted by atomic mass is 16.5. The minimum atomic E-state index is -0.378. The van der Waals surface area contributed by atoms with Crippen molar-refractivity contribution in [3.05, 3.63) is 31.2 Å². The van der Waals surface area contributed by atoms with Crippen LogP contribution in [0, 0.1) is 6.92 Å². The number of benzene rings is 1. The van der Waals surface area contributed by atoms with Crippen LogP contribution in [0.2, 0.25) is 0 Å². The van der Waals surface area contributed by atoms with Gasteiger partial charge < -0.3 is 9.84 Å². The van der Waals surface area contributed by atoms with Crippen LogP contribution in [0.4, 0.5) is 0 Å². The third-order valence-corrected chi connectivity index (χ3v) is 1.47. The van der Waals surface area contributed by atoms with E-state index < -0.39 is 0 Å². The molecule has 0 aliphatic carbocycles. The Kier molecular flexibility index (Phi) is 3.31. The molecule has 1 radical (unpaired) electrons. The molecule has 1 rings (SSSR count). The van der Waals surface area contributed by atoms with Gasteiger partial charge in [-0.05, 0) is 18.6 Å². The van der Waals surface area contributed by atoms with E-state index >= 15 is 0 Å². The van der Waals surface area contributed by atoms with Crippen LogP contribution in [0.5, 0.6) is 11.5 Å². The molecular weight excluding hydrogens is 168 g/mol. The minimum absolute atomic E-state index is 0.0279. The molecule has 0 aliphatic rings. The first kappa shape index (κ1) is 9.58. The van der Waals surface area contributed by atoms with Crippen molar-refractivity contribution in [2.75, 3.05) is 0 Å². The summed E-state index contributed by atoms with van der Waals surface area (Å²) < 4.78 is 4.86. The molecule has 0 saturated heterocycles. The van der Waals surface area contributed by atoms with Gasteiger partial charge in [0.2, 0.25) is 0 Å². The average molecular weight is 179 g/mol. The topological polar surface area (TPSA) is 46.5 Å². The van der Waals surface area contributed by atoms with Gasteiger partial charge in [-0.2, -0.15) is 0 Å². The van der Waals surface area contributed by atoms with Crippen LogP contribution in [0.25, 0.3) is 0 Å². The fourth-order valence-electron chi connectivity index (χ4n) is 0.861. The van der Waals surface area contributed by atoms with Gasteiger partial charge in [0.1, 0.15) is 0 Å². The number of rotatable bonds is 3. The van der Waals surface area contributed by atoms with Crippen LogP contribution in [-0.2, 0) is 4.79 Å². The largest absolute Gasteiger partial charge is 0.504 e. The van der Waals surface area contributed by atoms with E-state index in [1.54, 1.807) is 12.1 Å². The van der Waals surface area contributed by atoms with Gasteiger partial charge in [-0.3, -0.25) is 4.79 Å². The molecule has 69 valence electrons. The molecule has 0 saturated carbocycles. The molecule has 0 atom stereocenters. The molecule has 0 bridgehead atoms. The maximum Gasteiger partial charge on any atom is 0.311 e. The lowest BCUT2D eigenvalue weighted by Crippen LogP contribution is -2.06. The van der Waals surface area contributed by atoms with Crippen LogP contribution in [-0.4, -0.2) is 11.1 Å². The van der Waals surface area contributed by atoms with Crippen molar-refractivity contribution in [3.8, 4) is 11.5 Å². The van der Waals surface area contributed by atoms with Gasteiger partial charge in [0, 0.05) is 6.42 Å². The van der Waals surface area contributed by atoms with E-state index in [1.807, 2.05) is 0 Å². The summed E-state index contributed by atoms with van der Waals surface area (Å²) in [7, 11) is 0. The molecular formula is C10H11O3. The number of carbonyl (C=O) groups is 1. The Morgan fingerprint density at radius 1 is 1.46 bits per heavy atom. The van der Waals surface area contributed by atoms with E-state index in [0.29, 0.717) is 6.42 Å². The molecule has 1 N–H and O–H groups in total. The summed E-state index contributed by atoms with van der Waals surface area (Å²) in [5.74, 6) is -0.211. The van der Waals surface area contributed by atoms with Crippen LogP contribution in [0.1, 0.15) is 12.8 Å². The van der Waals surface area contributed by atoms with Gasteiger partial charge in [-0.1, -0.05) is 19.1 Å². The number of hydrogen-bond donors (Lipinski definition) is 1. The number of esters is 1. The van der Waals surface area contributed by atoms with Crippen molar-refractivity contribution in [1.29, 1.82) is 0 Å². The Hall–Kier alpha value is -1.51. The predicted octanol–water partition coefficient (Wildman–Crippen LogP) is 1.91. The summed E-state index contributed by atoms with van der Waals surface area (Å²) in [5, 5.41) is 9.23. The van der Waals surface area contributed by atoms with Crippen LogP contribution in [0.15, 0.2) is 24.3 Å². The molecule has 0 amide bonds. The van der Waals surface area contributed by atoms with Crippen LogP contribution >= 0.6 is 0 Å². The third kappa shape index (κ3) is 2.78. The molecule has 0 heterocycles. The normalized spacial score (nSPS) is 9.62. The standard InChI is InChI=1S/C10H11O3/c1-2-5-10(12)13-9-7-4-3-6-8(9)11/h3-4,6-7,11H,1-2,5H2. The van der Waals surface area contributed by atoms with E-state index in [4.69, 9.17) is 4.74 Å². The predicted molar refractivity (Wildman–Crippen MR) is 48.3 cm³/mol. The maximum atomic E-state index is 11.0. The van der Waals surface area contributed by atoms with Gasteiger partial charge in [0.05, 0.1) is 0 Å². The lowest BCUT2D eigenvalue weighted by atomic mass is 10.3. The summed E-state index contributed by atoms with van der Waals surface area (Å²) in [6.45, 7) is 3.53. The molecule has 3 heteroatoms. The summed E-state index contributed by atoms with van der Waals surface area (Å²) in [6, 6.07) is 6.35. The first-order valence-corrected chi connectivity index (χ1v) is 4.02. The molecule has 1 aromatic rings. The van der Waals surface area contributed by atoms with Gasteiger partial charge in [-0.15, -0.1) is 0 Å². The second-order valence-electron chi connectivity index (χ2n) is 2.55. The lowest BCUT2D eigenvalue weighted by molar-refractivity contribution is -0.134. The second-order valence-corrected chi connectivity index (χ2v) is 2.55. The fourth-order valence-corrected chi connectivity index (χ4v) is 0.861. The fraction of sp³-hybridized carbons (Fsp3) is 0.200. The van der Waals surface area contributed by atoms with Gasteiger partial charge in [-0.25, -0.2) is 0 Å². The van der Waals surface area contributed by atoms with Crippen molar-refractivity contribution in [2.45, 2.75) is 12.8 Å². The van der Waals surface area contributed by atoms with Gasteiger partial charge in [0.15, 0.2) is 11.5 Å². The van der Waals surface area contributed by atoms with Gasteiger partial charge in [0.25, 0.3) is 0 Å². The molecule has 3 nitrogen and oxygen atoms in total. The molecule has 0 aromatic heterocycles. The molecule has 1 aromatic carbocycles. The number of hydrogen-bond acceptors (Lipinski definition) is 3. The quantitative estimate of drug-likeness (QED) is 0.569. The summed E-state index contributed by atoms with van der Waals surface area (Å²) >= 11 is 0. The zero-order chi connectivity index (χ0) is 9.68. The number of carbonyl (C=O) groups excluding carboxylic acids is 1. The Morgan fingerprint density at radius 3 is 2.77 bits per heavy atom. The Morgan fingerprint density at radius 2 is 2.15 bits per heavy atom. The monoisotopic (exact) mass is 179 g/mol. The zero-order valence-electron chi connectivity index (χ0n) is 7.19. The molecule has 0 unspecified atom stereocenters. The number of phenolic OH excluding ortho intramolecular Hbond substituents is 1. The average Bonchev–Trinajstić information content (AvgIpc) is 2.09. The van der Waals surface area contributed by atoms with Crippen molar-refractivity contribution >= 4 is 5.97 Å². The van der Waals surface area contributed by atoms with E-state index in [1.165, 1.54) is 12.1 Å². The molecule has 13 heavy (non-hydrogen) atoms. The van der Waals surface area contributed by atoms with E-state index in [0.717, 1.165) is 0 Å². The zero-order valence-corrected chi connectivity index (χ0v) is 7.19. The van der Waals surface area contributed by atoms with Crippen molar-refractivity contribution < 1.29 is 14.6 Å².